The minimum absolute atomic E-state index is 0.268. The van der Waals surface area contributed by atoms with Gasteiger partial charge >= 0.3 is 5.97 Å². The number of thiocarbonyl (C=S) groups is 1. The van der Waals surface area contributed by atoms with E-state index in [0.29, 0.717) is 17.3 Å². The Morgan fingerprint density at radius 3 is 2.55 bits per heavy atom. The van der Waals surface area contributed by atoms with Crippen molar-refractivity contribution in [2.75, 3.05) is 50.1 Å². The van der Waals surface area contributed by atoms with E-state index in [1.807, 2.05) is 25.1 Å². The number of anilines is 2. The van der Waals surface area contributed by atoms with Gasteiger partial charge in [0.05, 0.1) is 25.0 Å². The number of aryl methyl sites for hydroxylation is 1. The lowest BCUT2D eigenvalue weighted by atomic mass is 9.96. The summed E-state index contributed by atoms with van der Waals surface area (Å²) in [5, 5.41) is 4.92. The van der Waals surface area contributed by atoms with E-state index in [1.165, 1.54) is 31.2 Å². The average Bonchev–Trinajstić information content (AvgIpc) is 3.15. The number of methoxy groups -OCH3 is 1. The van der Waals surface area contributed by atoms with E-state index in [1.54, 1.807) is 11.3 Å². The fraction of sp³-hybridized carbons (Fsp3) is 0.520. The first-order valence-corrected chi connectivity index (χ1v) is 13.1. The number of hydrogen-bond acceptors (Lipinski definition) is 6. The Morgan fingerprint density at radius 2 is 1.82 bits per heavy atom. The van der Waals surface area contributed by atoms with Gasteiger partial charge in [0.15, 0.2) is 5.11 Å². The fourth-order valence-corrected chi connectivity index (χ4v) is 6.27. The van der Waals surface area contributed by atoms with Gasteiger partial charge in [0.2, 0.25) is 0 Å². The maximum absolute atomic E-state index is 12.7. The number of nitrogens with one attached hydrogen (secondary N) is 1. The predicted octanol–water partition coefficient (Wildman–Crippen LogP) is 5.11. The summed E-state index contributed by atoms with van der Waals surface area (Å²) < 4.78 is 11.0. The van der Waals surface area contributed by atoms with E-state index in [-0.39, 0.29) is 5.97 Å². The summed E-state index contributed by atoms with van der Waals surface area (Å²) in [6, 6.07) is 8.19. The second-order valence-electron chi connectivity index (χ2n) is 8.42. The lowest BCUT2D eigenvalue weighted by molar-refractivity contribution is 0.0601. The molecule has 0 radical (unpaired) electrons. The summed E-state index contributed by atoms with van der Waals surface area (Å²) in [6.45, 7) is 5.99. The number of benzene rings is 1. The minimum atomic E-state index is -0.268. The molecule has 0 amide bonds. The highest BCUT2D eigenvalue weighted by atomic mass is 32.1. The topological polar surface area (TPSA) is 54.0 Å². The molecule has 1 saturated heterocycles. The minimum Gasteiger partial charge on any atom is -0.492 e. The first kappa shape index (κ1) is 23.8. The molecule has 0 unspecified atom stereocenters. The van der Waals surface area contributed by atoms with Crippen LogP contribution in [-0.2, 0) is 17.6 Å². The van der Waals surface area contributed by atoms with Gasteiger partial charge in [-0.2, -0.15) is 0 Å². The molecule has 0 atom stereocenters. The molecule has 0 bridgehead atoms. The molecule has 6 nitrogen and oxygen atoms in total. The molecule has 33 heavy (non-hydrogen) atoms. The molecule has 2 aliphatic rings. The third-order valence-electron chi connectivity index (χ3n) is 6.35. The maximum atomic E-state index is 12.7. The number of thiophene rings is 1. The van der Waals surface area contributed by atoms with Crippen LogP contribution < -0.4 is 15.0 Å². The Hall–Kier alpha value is -2.32. The molecule has 8 heteroatoms. The summed E-state index contributed by atoms with van der Waals surface area (Å²) in [4.78, 5) is 18.5. The van der Waals surface area contributed by atoms with Crippen molar-refractivity contribution in [2.45, 2.75) is 45.4 Å². The zero-order valence-electron chi connectivity index (χ0n) is 19.5. The summed E-state index contributed by atoms with van der Waals surface area (Å²) >= 11 is 7.45. The van der Waals surface area contributed by atoms with Crippen molar-refractivity contribution < 1.29 is 14.3 Å². The number of carbonyl (C=O) groups excluding carboxylic acids is 1. The van der Waals surface area contributed by atoms with E-state index >= 15 is 0 Å². The smallest absolute Gasteiger partial charge is 0.341 e. The van der Waals surface area contributed by atoms with Crippen LogP contribution in [0, 0.1) is 0 Å². The number of fused-ring (bicyclic) bond motifs is 1. The summed E-state index contributed by atoms with van der Waals surface area (Å²) in [7, 11) is 1.46. The summed E-state index contributed by atoms with van der Waals surface area (Å²) in [6.07, 6.45) is 6.71. The molecule has 178 valence electrons. The zero-order valence-corrected chi connectivity index (χ0v) is 21.2. The number of hydrogen-bond donors (Lipinski definition) is 1. The van der Waals surface area contributed by atoms with Crippen molar-refractivity contribution in [1.82, 2.24) is 4.90 Å². The molecule has 1 aliphatic heterocycles. The van der Waals surface area contributed by atoms with Crippen molar-refractivity contribution in [3.05, 3.63) is 40.3 Å². The molecule has 1 aromatic carbocycles. The third kappa shape index (κ3) is 5.44. The van der Waals surface area contributed by atoms with Crippen LogP contribution in [-0.4, -0.2) is 55.9 Å². The maximum Gasteiger partial charge on any atom is 0.341 e. The van der Waals surface area contributed by atoms with Crippen LogP contribution in [0.2, 0.25) is 0 Å². The van der Waals surface area contributed by atoms with Gasteiger partial charge in [0.25, 0.3) is 0 Å². The van der Waals surface area contributed by atoms with E-state index in [9.17, 15) is 4.79 Å². The van der Waals surface area contributed by atoms with Crippen LogP contribution in [0.3, 0.4) is 0 Å². The Kier molecular flexibility index (Phi) is 8.09. The van der Waals surface area contributed by atoms with E-state index < -0.39 is 0 Å². The Balaban J connectivity index is 1.45. The Morgan fingerprint density at radius 1 is 1.09 bits per heavy atom. The zero-order chi connectivity index (χ0) is 23.2. The Bertz CT molecular complexity index is 983. The number of piperazine rings is 1. The molecule has 1 aliphatic carbocycles. The van der Waals surface area contributed by atoms with E-state index in [0.717, 1.165) is 67.4 Å². The number of esters is 1. The summed E-state index contributed by atoms with van der Waals surface area (Å²) in [5.74, 6) is 0.656. The van der Waals surface area contributed by atoms with Crippen LogP contribution in [0.25, 0.3) is 0 Å². The largest absolute Gasteiger partial charge is 0.492 e. The van der Waals surface area contributed by atoms with Gasteiger partial charge in [0, 0.05) is 31.1 Å². The number of para-hydroxylation sites is 2. The molecule has 2 heterocycles. The van der Waals surface area contributed by atoms with Crippen molar-refractivity contribution >= 4 is 45.3 Å². The highest BCUT2D eigenvalue weighted by Crippen LogP contribution is 2.38. The van der Waals surface area contributed by atoms with Crippen LogP contribution in [0.1, 0.15) is 53.4 Å². The molecule has 1 aromatic heterocycles. The monoisotopic (exact) mass is 487 g/mol. The Labute approximate surface area is 205 Å². The van der Waals surface area contributed by atoms with Crippen LogP contribution in [0.4, 0.5) is 10.7 Å². The molecular weight excluding hydrogens is 454 g/mol. The second kappa shape index (κ2) is 11.2. The number of carbonyl (C=O) groups is 1. The van der Waals surface area contributed by atoms with Crippen molar-refractivity contribution in [3.8, 4) is 5.75 Å². The molecule has 0 spiro atoms. The van der Waals surface area contributed by atoms with Gasteiger partial charge in [-0.05, 0) is 62.5 Å². The lowest BCUT2D eigenvalue weighted by Gasteiger charge is -2.37. The second-order valence-corrected chi connectivity index (χ2v) is 9.91. The first-order valence-electron chi connectivity index (χ1n) is 11.9. The first-order chi connectivity index (χ1) is 16.1. The molecular formula is C25H33N3O3S2. The van der Waals surface area contributed by atoms with Gasteiger partial charge in [-0.1, -0.05) is 25.0 Å². The lowest BCUT2D eigenvalue weighted by Crippen LogP contribution is -2.50. The number of rotatable bonds is 5. The third-order valence-corrected chi connectivity index (χ3v) is 7.92. The van der Waals surface area contributed by atoms with Gasteiger partial charge < -0.3 is 24.6 Å². The molecule has 1 N–H and O–H groups in total. The highest BCUT2D eigenvalue weighted by molar-refractivity contribution is 7.80. The van der Waals surface area contributed by atoms with Gasteiger partial charge in [0.1, 0.15) is 10.8 Å². The van der Waals surface area contributed by atoms with Gasteiger partial charge in [-0.25, -0.2) is 4.79 Å². The van der Waals surface area contributed by atoms with E-state index in [2.05, 4.69) is 21.2 Å². The normalized spacial score (nSPS) is 16.4. The van der Waals surface area contributed by atoms with Crippen molar-refractivity contribution in [1.29, 1.82) is 0 Å². The summed E-state index contributed by atoms with van der Waals surface area (Å²) in [5.41, 5.74) is 2.98. The fourth-order valence-electron chi connectivity index (χ4n) is 4.65. The number of ether oxygens (including phenoxy) is 2. The van der Waals surface area contributed by atoms with Crippen LogP contribution >= 0.6 is 23.6 Å². The molecule has 4 rings (SSSR count). The van der Waals surface area contributed by atoms with Crippen molar-refractivity contribution in [3.63, 3.8) is 0 Å². The predicted molar refractivity (Wildman–Crippen MR) is 139 cm³/mol. The quantitative estimate of drug-likeness (QED) is 0.464. The number of nitrogens with zero attached hydrogens (tertiary/aromatic N) is 2. The van der Waals surface area contributed by atoms with Crippen LogP contribution in [0.5, 0.6) is 5.75 Å². The van der Waals surface area contributed by atoms with Crippen molar-refractivity contribution in [2.24, 2.45) is 0 Å². The molecule has 2 aromatic rings. The molecule has 0 saturated carbocycles. The van der Waals surface area contributed by atoms with E-state index in [4.69, 9.17) is 21.7 Å². The van der Waals surface area contributed by atoms with Gasteiger partial charge in [-0.3, -0.25) is 0 Å². The molecule has 1 fully saturated rings. The highest BCUT2D eigenvalue weighted by Gasteiger charge is 2.27. The van der Waals surface area contributed by atoms with Crippen LogP contribution in [0.15, 0.2) is 24.3 Å². The average molecular weight is 488 g/mol. The standard InChI is InChI=1S/C25H33N3O3S2/c1-3-31-20-12-9-8-11-19(20)27-14-16-28(17-15-27)25(32)26-23-22(24(29)30-2)18-10-6-4-5-7-13-21(18)33-23/h8-9,11-12H,3-7,10,13-17H2,1-2H3,(H,26,32). The SMILES string of the molecule is CCOc1ccccc1N1CCN(C(=S)Nc2sc3c(c2C(=O)OC)CCCCCC3)CC1. The van der Waals surface area contributed by atoms with Gasteiger partial charge in [-0.15, -0.1) is 11.3 Å².